The second-order valence-electron chi connectivity index (χ2n) is 6.38. The summed E-state index contributed by atoms with van der Waals surface area (Å²) in [6.07, 6.45) is 0. The normalized spacial score (nSPS) is 11.5. The summed E-state index contributed by atoms with van der Waals surface area (Å²) in [4.78, 5) is 23.0. The monoisotopic (exact) mass is 489 g/mol. The number of phenols is 1. The van der Waals surface area contributed by atoms with Crippen LogP contribution in [0.2, 0.25) is 0 Å². The molecule has 0 radical (unpaired) electrons. The van der Waals surface area contributed by atoms with Gasteiger partial charge in [-0.1, -0.05) is 13.8 Å². The van der Waals surface area contributed by atoms with Crippen molar-refractivity contribution in [1.29, 1.82) is 0 Å². The summed E-state index contributed by atoms with van der Waals surface area (Å²) in [7, 11) is -2.86. The third kappa shape index (κ3) is 5.64. The third-order valence-electron chi connectivity index (χ3n) is 4.50. The molecule has 0 saturated heterocycles. The molecule has 0 fully saturated rings. The number of hydrogen-bond acceptors (Lipinski definition) is 8. The lowest BCUT2D eigenvalue weighted by Gasteiger charge is -2.19. The second kappa shape index (κ2) is 10.4. The summed E-state index contributed by atoms with van der Waals surface area (Å²) < 4.78 is 60.8. The number of nitrogens with one attached hydrogen (secondary N) is 1. The molecule has 2 aromatic carbocycles. The van der Waals surface area contributed by atoms with Crippen LogP contribution in [0.15, 0.2) is 35.2 Å². The van der Waals surface area contributed by atoms with E-state index in [0.29, 0.717) is 6.07 Å². The summed E-state index contributed by atoms with van der Waals surface area (Å²) in [6.45, 7) is 0.336. The van der Waals surface area contributed by atoms with E-state index >= 15 is 0 Å². The minimum atomic E-state index is -3.94. The number of benzene rings is 2. The van der Waals surface area contributed by atoms with Crippen molar-refractivity contribution in [1.82, 2.24) is 4.31 Å². The van der Waals surface area contributed by atoms with Gasteiger partial charge in [0.05, 0.1) is 28.7 Å². The lowest BCUT2D eigenvalue weighted by atomic mass is 10.1. The van der Waals surface area contributed by atoms with Gasteiger partial charge in [0.2, 0.25) is 10.0 Å². The first kappa shape index (κ1) is 25.7. The van der Waals surface area contributed by atoms with Crippen LogP contribution in [-0.4, -0.2) is 55.5 Å². The van der Waals surface area contributed by atoms with Crippen LogP contribution in [0.4, 0.5) is 20.2 Å². The Balaban J connectivity index is 2.51. The number of nitrogens with zero attached hydrogens (tertiary/aromatic N) is 2. The third-order valence-corrected chi connectivity index (χ3v) is 6.54. The number of anilines is 1. The lowest BCUT2D eigenvalue weighted by Crippen LogP contribution is -2.30. The number of hydrogen-bond donors (Lipinski definition) is 2. The minimum Gasteiger partial charge on any atom is -0.506 e. The zero-order chi connectivity index (χ0) is 24.9. The minimum absolute atomic E-state index is 0.181. The summed E-state index contributed by atoms with van der Waals surface area (Å²) >= 11 is 0. The van der Waals surface area contributed by atoms with Crippen molar-refractivity contribution in [3.63, 3.8) is 0 Å². The molecule has 2 N–H and O–H groups in total. The number of sulfonamides is 1. The van der Waals surface area contributed by atoms with Gasteiger partial charge in [0, 0.05) is 19.2 Å². The molecule has 0 saturated carbocycles. The molecule has 0 aliphatic rings. The molecule has 0 heterocycles. The van der Waals surface area contributed by atoms with E-state index in [4.69, 9.17) is 4.74 Å². The Kier molecular flexibility index (Phi) is 8.11. The topological polar surface area (TPSA) is 148 Å². The molecule has 33 heavy (non-hydrogen) atoms. The van der Waals surface area contributed by atoms with E-state index in [0.717, 1.165) is 35.7 Å². The van der Waals surface area contributed by atoms with Crippen molar-refractivity contribution in [2.75, 3.05) is 25.5 Å². The number of rotatable bonds is 10. The van der Waals surface area contributed by atoms with Gasteiger partial charge in [-0.15, -0.1) is 0 Å². The molecule has 11 nitrogen and oxygen atoms in total. The summed E-state index contributed by atoms with van der Waals surface area (Å²) in [5.74, 6) is -2.68. The number of carbonyl (C=O) groups is 1. The highest BCUT2D eigenvalue weighted by atomic mass is 32.2. The first-order chi connectivity index (χ1) is 15.5. The number of halogens is 2. The van der Waals surface area contributed by atoms with Crippen molar-refractivity contribution in [2.45, 2.75) is 25.4 Å². The molecular weight excluding hydrogens is 468 g/mol. The van der Waals surface area contributed by atoms with Gasteiger partial charge in [0.25, 0.3) is 11.6 Å². The quantitative estimate of drug-likeness (QED) is 0.294. The SMILES string of the molecule is CCN(CC)S(=O)(=O)c1ccc(O)c(NC(=O)c2cc(OC)c(OC(F)F)cc2[N+](=O)[O-])c1. The summed E-state index contributed by atoms with van der Waals surface area (Å²) in [5.41, 5.74) is -1.82. The standard InChI is InChI=1S/C19H21F2N3O8S/c1-4-23(5-2)33(29,30)11-6-7-15(25)13(8-11)22-18(26)12-9-16(31-3)17(32-19(20)21)10-14(12)24(27)28/h6-10,19,25H,4-5H2,1-3H3,(H,22,26). The molecule has 0 bridgehead atoms. The molecule has 0 aliphatic heterocycles. The maximum atomic E-state index is 12.8. The van der Waals surface area contributed by atoms with Crippen molar-refractivity contribution in [2.24, 2.45) is 0 Å². The molecule has 0 aliphatic carbocycles. The van der Waals surface area contributed by atoms with Crippen LogP contribution >= 0.6 is 0 Å². The fourth-order valence-electron chi connectivity index (χ4n) is 2.91. The van der Waals surface area contributed by atoms with E-state index in [2.05, 4.69) is 10.1 Å². The van der Waals surface area contributed by atoms with Gasteiger partial charge >= 0.3 is 6.61 Å². The van der Waals surface area contributed by atoms with Crippen LogP contribution in [0.1, 0.15) is 24.2 Å². The van der Waals surface area contributed by atoms with Gasteiger partial charge in [-0.2, -0.15) is 13.1 Å². The van der Waals surface area contributed by atoms with E-state index in [1.165, 1.54) is 0 Å². The van der Waals surface area contributed by atoms with E-state index in [-0.39, 0.29) is 29.4 Å². The zero-order valence-corrected chi connectivity index (χ0v) is 18.6. The van der Waals surface area contributed by atoms with Gasteiger partial charge in [-0.3, -0.25) is 14.9 Å². The van der Waals surface area contributed by atoms with E-state index in [9.17, 15) is 37.2 Å². The van der Waals surface area contributed by atoms with Crippen LogP contribution in [0.5, 0.6) is 17.2 Å². The number of amides is 1. The number of aromatic hydroxyl groups is 1. The van der Waals surface area contributed by atoms with Crippen LogP contribution in [0, 0.1) is 10.1 Å². The smallest absolute Gasteiger partial charge is 0.387 e. The lowest BCUT2D eigenvalue weighted by molar-refractivity contribution is -0.385. The largest absolute Gasteiger partial charge is 0.506 e. The number of alkyl halides is 2. The average molecular weight is 489 g/mol. The second-order valence-corrected chi connectivity index (χ2v) is 8.32. The number of phenolic OH excluding ortho intramolecular Hbond substituents is 1. The maximum absolute atomic E-state index is 12.8. The molecule has 0 atom stereocenters. The van der Waals surface area contributed by atoms with Gasteiger partial charge in [-0.25, -0.2) is 8.42 Å². The van der Waals surface area contributed by atoms with E-state index < -0.39 is 50.2 Å². The molecule has 0 spiro atoms. The molecule has 1 amide bonds. The van der Waals surface area contributed by atoms with E-state index in [1.54, 1.807) is 13.8 Å². The fourth-order valence-corrected chi connectivity index (χ4v) is 4.39. The molecular formula is C19H21F2N3O8S. The number of nitro groups is 1. The van der Waals surface area contributed by atoms with Crippen LogP contribution in [-0.2, 0) is 10.0 Å². The average Bonchev–Trinajstić information content (AvgIpc) is 2.74. The van der Waals surface area contributed by atoms with Crippen LogP contribution in [0.3, 0.4) is 0 Å². The Morgan fingerprint density at radius 2 is 1.85 bits per heavy atom. The molecule has 180 valence electrons. The maximum Gasteiger partial charge on any atom is 0.387 e. The Labute approximate surface area is 187 Å². The Bertz CT molecular complexity index is 1150. The van der Waals surface area contributed by atoms with Crippen LogP contribution < -0.4 is 14.8 Å². The number of methoxy groups -OCH3 is 1. The molecule has 0 unspecified atom stereocenters. The van der Waals surface area contributed by atoms with Crippen molar-refractivity contribution < 1.29 is 41.5 Å². The van der Waals surface area contributed by atoms with Crippen LogP contribution in [0.25, 0.3) is 0 Å². The number of ether oxygens (including phenoxy) is 2. The summed E-state index contributed by atoms with van der Waals surface area (Å²) in [5, 5.41) is 23.7. The molecule has 2 rings (SSSR count). The van der Waals surface area contributed by atoms with Crippen molar-refractivity contribution >= 4 is 27.3 Å². The molecule has 14 heteroatoms. The molecule has 2 aromatic rings. The Morgan fingerprint density at radius 3 is 2.36 bits per heavy atom. The highest BCUT2D eigenvalue weighted by Gasteiger charge is 2.28. The highest BCUT2D eigenvalue weighted by Crippen LogP contribution is 2.36. The Hall–Kier alpha value is -3.52. The van der Waals surface area contributed by atoms with E-state index in [1.807, 2.05) is 0 Å². The molecule has 0 aromatic heterocycles. The first-order valence-corrected chi connectivity index (χ1v) is 10.9. The van der Waals surface area contributed by atoms with Gasteiger partial charge in [0.15, 0.2) is 11.5 Å². The zero-order valence-electron chi connectivity index (χ0n) is 17.7. The predicted molar refractivity (Wildman–Crippen MR) is 112 cm³/mol. The first-order valence-electron chi connectivity index (χ1n) is 9.41. The van der Waals surface area contributed by atoms with Gasteiger partial charge < -0.3 is 19.9 Å². The number of carbonyl (C=O) groups excluding carboxylic acids is 1. The van der Waals surface area contributed by atoms with Gasteiger partial charge in [-0.05, 0) is 18.2 Å². The predicted octanol–water partition coefficient (Wildman–Crippen LogP) is 3.19. The van der Waals surface area contributed by atoms with Crippen molar-refractivity contribution in [3.8, 4) is 17.2 Å². The summed E-state index contributed by atoms with van der Waals surface area (Å²) in [6, 6.07) is 4.60. The Morgan fingerprint density at radius 1 is 1.21 bits per heavy atom. The fraction of sp³-hybridized carbons (Fsp3) is 0.316. The number of nitro benzene ring substituents is 1. The van der Waals surface area contributed by atoms with Gasteiger partial charge in [0.1, 0.15) is 11.3 Å². The van der Waals surface area contributed by atoms with Crippen molar-refractivity contribution in [3.05, 3.63) is 46.0 Å². The highest BCUT2D eigenvalue weighted by molar-refractivity contribution is 7.89.